The first-order chi connectivity index (χ1) is 9.41. The van der Waals surface area contributed by atoms with E-state index in [4.69, 9.17) is 4.84 Å². The molecule has 0 radical (unpaired) electrons. The van der Waals surface area contributed by atoms with Gasteiger partial charge in [-0.3, -0.25) is 24.1 Å². The number of carbonyl (C=O) groups is 4. The molecule has 3 amide bonds. The lowest BCUT2D eigenvalue weighted by Crippen LogP contribution is -2.32. The molecule has 0 aromatic rings. The monoisotopic (exact) mass is 284 g/mol. The van der Waals surface area contributed by atoms with Gasteiger partial charge in [-0.1, -0.05) is 0 Å². The molecule has 1 saturated heterocycles. The van der Waals surface area contributed by atoms with E-state index in [1.54, 1.807) is 0 Å². The van der Waals surface area contributed by atoms with Gasteiger partial charge in [-0.25, -0.2) is 0 Å². The third kappa shape index (κ3) is 4.99. The first-order valence-corrected chi connectivity index (χ1v) is 6.71. The van der Waals surface area contributed by atoms with E-state index >= 15 is 0 Å². The van der Waals surface area contributed by atoms with Crippen molar-refractivity contribution in [2.24, 2.45) is 0 Å². The van der Waals surface area contributed by atoms with Crippen molar-refractivity contribution >= 4 is 23.7 Å². The van der Waals surface area contributed by atoms with Gasteiger partial charge in [0.1, 0.15) is 0 Å². The van der Waals surface area contributed by atoms with Gasteiger partial charge < -0.3 is 4.84 Å². The summed E-state index contributed by atoms with van der Waals surface area (Å²) in [5.41, 5.74) is 0. The summed E-state index contributed by atoms with van der Waals surface area (Å²) < 4.78 is 0. The highest BCUT2D eigenvalue weighted by molar-refractivity contribution is 6.01. The van der Waals surface area contributed by atoms with Crippen LogP contribution >= 0.6 is 0 Å². The highest BCUT2D eigenvalue weighted by atomic mass is 16.7. The van der Waals surface area contributed by atoms with Crippen LogP contribution in [0.2, 0.25) is 0 Å². The number of hydrogen-bond acceptors (Lipinski definition) is 5. The summed E-state index contributed by atoms with van der Waals surface area (Å²) in [7, 11) is 0. The van der Waals surface area contributed by atoms with Crippen LogP contribution in [-0.4, -0.2) is 46.7 Å². The van der Waals surface area contributed by atoms with Crippen molar-refractivity contribution in [2.75, 3.05) is 13.1 Å². The van der Waals surface area contributed by atoms with Crippen LogP contribution in [0.5, 0.6) is 0 Å². The van der Waals surface area contributed by atoms with Gasteiger partial charge in [0.2, 0.25) is 11.8 Å². The molecule has 0 aromatic carbocycles. The van der Waals surface area contributed by atoms with Crippen LogP contribution in [-0.2, 0) is 24.0 Å². The van der Waals surface area contributed by atoms with E-state index in [0.717, 1.165) is 11.5 Å². The predicted molar refractivity (Wildman–Crippen MR) is 69.0 cm³/mol. The van der Waals surface area contributed by atoms with E-state index in [1.807, 2.05) is 0 Å². The van der Waals surface area contributed by atoms with Gasteiger partial charge in [-0.2, -0.15) is 5.06 Å². The molecule has 112 valence electrons. The molecule has 1 aliphatic rings. The van der Waals surface area contributed by atoms with Crippen molar-refractivity contribution in [3.05, 3.63) is 0 Å². The minimum Gasteiger partial charge on any atom is -0.338 e. The van der Waals surface area contributed by atoms with Gasteiger partial charge in [0.25, 0.3) is 5.91 Å². The summed E-state index contributed by atoms with van der Waals surface area (Å²) in [6.07, 6.45) is 2.68. The fourth-order valence-corrected chi connectivity index (χ4v) is 2.00. The topological polar surface area (TPSA) is 84.0 Å². The van der Waals surface area contributed by atoms with E-state index in [1.165, 1.54) is 18.7 Å². The number of likely N-dealkylation sites (tertiary alicyclic amines) is 1. The molecule has 0 saturated carbocycles. The molecule has 7 nitrogen and oxygen atoms in total. The Kier molecular flexibility index (Phi) is 6.14. The summed E-state index contributed by atoms with van der Waals surface area (Å²) in [6, 6.07) is 0. The predicted octanol–water partition coefficient (Wildman–Crippen LogP) is 0.632. The Hall–Kier alpha value is -1.92. The van der Waals surface area contributed by atoms with Crippen LogP contribution < -0.4 is 0 Å². The first kappa shape index (κ1) is 16.1. The molecular formula is C13H20N2O5. The van der Waals surface area contributed by atoms with Gasteiger partial charge in [0, 0.05) is 33.2 Å². The second-order valence-corrected chi connectivity index (χ2v) is 4.70. The van der Waals surface area contributed by atoms with Crippen LogP contribution in [0.25, 0.3) is 0 Å². The van der Waals surface area contributed by atoms with Crippen molar-refractivity contribution < 1.29 is 24.0 Å². The maximum Gasteiger partial charge on any atom is 0.329 e. The summed E-state index contributed by atoms with van der Waals surface area (Å²) in [5.74, 6) is -1.08. The first-order valence-electron chi connectivity index (χ1n) is 6.71. The minimum absolute atomic E-state index is 0.111. The number of carbonyl (C=O) groups excluding carboxylic acids is 4. The Morgan fingerprint density at radius 2 is 1.70 bits per heavy atom. The second-order valence-electron chi connectivity index (χ2n) is 4.70. The molecule has 0 unspecified atom stereocenters. The standard InChI is InChI=1S/C13H20N2O5/c1-10(16)15(20-11(2)17)9-5-3-4-8-14-12(18)6-7-13(14)19/h3-9H2,1-2H3. The van der Waals surface area contributed by atoms with Gasteiger partial charge in [-0.05, 0) is 19.3 Å². The lowest BCUT2D eigenvalue weighted by Gasteiger charge is -2.19. The fraction of sp³-hybridized carbons (Fsp3) is 0.692. The number of rotatable bonds is 6. The van der Waals surface area contributed by atoms with E-state index < -0.39 is 5.97 Å². The largest absolute Gasteiger partial charge is 0.338 e. The maximum absolute atomic E-state index is 11.4. The van der Waals surface area contributed by atoms with Gasteiger partial charge in [0.15, 0.2) is 0 Å². The average molecular weight is 284 g/mol. The highest BCUT2D eigenvalue weighted by Crippen LogP contribution is 2.13. The normalized spacial score (nSPS) is 14.6. The Balaban J connectivity index is 2.20. The highest BCUT2D eigenvalue weighted by Gasteiger charge is 2.27. The molecule has 0 spiro atoms. The van der Waals surface area contributed by atoms with E-state index in [-0.39, 0.29) is 17.7 Å². The molecule has 1 rings (SSSR count). The lowest BCUT2D eigenvalue weighted by molar-refractivity contribution is -0.195. The summed E-state index contributed by atoms with van der Waals surface area (Å²) in [4.78, 5) is 50.7. The van der Waals surface area contributed by atoms with Gasteiger partial charge >= 0.3 is 5.97 Å². The number of unbranched alkanes of at least 4 members (excludes halogenated alkanes) is 2. The SMILES string of the molecule is CC(=O)ON(CCCCCN1C(=O)CCC1=O)C(C)=O. The zero-order chi connectivity index (χ0) is 15.1. The van der Waals surface area contributed by atoms with Gasteiger partial charge in [0.05, 0.1) is 6.54 Å². The van der Waals surface area contributed by atoms with E-state index in [2.05, 4.69) is 0 Å². The van der Waals surface area contributed by atoms with Crippen molar-refractivity contribution in [3.8, 4) is 0 Å². The Morgan fingerprint density at radius 1 is 1.10 bits per heavy atom. The van der Waals surface area contributed by atoms with Crippen LogP contribution in [0.15, 0.2) is 0 Å². The zero-order valence-electron chi connectivity index (χ0n) is 11.9. The van der Waals surface area contributed by atoms with E-state index in [0.29, 0.717) is 38.8 Å². The molecule has 1 heterocycles. The molecule has 0 bridgehead atoms. The van der Waals surface area contributed by atoms with Crippen LogP contribution in [0.3, 0.4) is 0 Å². The summed E-state index contributed by atoms with van der Waals surface area (Å²) in [6.45, 7) is 3.30. The molecule has 0 aliphatic carbocycles. The molecule has 0 aromatic heterocycles. The van der Waals surface area contributed by atoms with Crippen LogP contribution in [0.4, 0.5) is 0 Å². The maximum atomic E-state index is 11.4. The minimum atomic E-state index is -0.534. The number of hydroxylamine groups is 2. The number of imide groups is 1. The van der Waals surface area contributed by atoms with Gasteiger partial charge in [-0.15, -0.1) is 0 Å². The fourth-order valence-electron chi connectivity index (χ4n) is 2.00. The molecular weight excluding hydrogens is 264 g/mol. The van der Waals surface area contributed by atoms with Crippen molar-refractivity contribution in [2.45, 2.75) is 46.0 Å². The average Bonchev–Trinajstić information content (AvgIpc) is 2.67. The van der Waals surface area contributed by atoms with Crippen LogP contribution in [0, 0.1) is 0 Å². The molecule has 1 aliphatic heterocycles. The number of amides is 3. The number of nitrogens with zero attached hydrogens (tertiary/aromatic N) is 2. The Morgan fingerprint density at radius 3 is 2.20 bits per heavy atom. The molecule has 7 heteroatoms. The third-order valence-corrected chi connectivity index (χ3v) is 2.99. The second kappa shape index (κ2) is 7.62. The van der Waals surface area contributed by atoms with Crippen molar-refractivity contribution in [1.82, 2.24) is 9.96 Å². The molecule has 1 fully saturated rings. The Labute approximate surface area is 117 Å². The van der Waals surface area contributed by atoms with E-state index in [9.17, 15) is 19.2 Å². The van der Waals surface area contributed by atoms with Crippen LogP contribution in [0.1, 0.15) is 46.0 Å². The third-order valence-electron chi connectivity index (χ3n) is 2.99. The summed E-state index contributed by atoms with van der Waals surface area (Å²) in [5, 5.41) is 1.02. The lowest BCUT2D eigenvalue weighted by atomic mass is 10.2. The quantitative estimate of drug-likeness (QED) is 0.406. The summed E-state index contributed by atoms with van der Waals surface area (Å²) >= 11 is 0. The number of hydrogen-bond donors (Lipinski definition) is 0. The molecule has 0 N–H and O–H groups in total. The smallest absolute Gasteiger partial charge is 0.329 e. The molecule has 20 heavy (non-hydrogen) atoms. The zero-order valence-corrected chi connectivity index (χ0v) is 11.9. The van der Waals surface area contributed by atoms with Crippen molar-refractivity contribution in [3.63, 3.8) is 0 Å². The Bertz CT molecular complexity index is 392. The van der Waals surface area contributed by atoms with Crippen molar-refractivity contribution in [1.29, 1.82) is 0 Å². The molecule has 0 atom stereocenters.